The van der Waals surface area contributed by atoms with Crippen molar-refractivity contribution in [3.05, 3.63) is 82.9 Å². The zero-order valence-corrected chi connectivity index (χ0v) is 10.5. The third-order valence-electron chi connectivity index (χ3n) is 4.45. The van der Waals surface area contributed by atoms with Crippen LogP contribution in [0.15, 0.2) is 60.7 Å². The van der Waals surface area contributed by atoms with Gasteiger partial charge in [0.25, 0.3) is 0 Å². The fraction of sp³-hybridized carbons (Fsp3) is 0.0526. The lowest BCUT2D eigenvalue weighted by Gasteiger charge is -2.08. The number of hydrogen-bond donors (Lipinski definition) is 0. The van der Waals surface area contributed by atoms with E-state index < -0.39 is 0 Å². The second-order valence-electron chi connectivity index (χ2n) is 5.40. The molecule has 0 amide bonds. The summed E-state index contributed by atoms with van der Waals surface area (Å²) in [4.78, 5) is 0. The van der Waals surface area contributed by atoms with Gasteiger partial charge in [-0.3, -0.25) is 0 Å². The van der Waals surface area contributed by atoms with Crippen LogP contribution in [0.25, 0.3) is 21.9 Å². The third-order valence-corrected chi connectivity index (χ3v) is 4.45. The highest BCUT2D eigenvalue weighted by Gasteiger charge is 2.30. The van der Waals surface area contributed by atoms with E-state index in [2.05, 4.69) is 60.7 Å². The molecular weight excluding hydrogens is 228 g/mol. The number of rotatable bonds is 0. The molecule has 5 rings (SSSR count). The van der Waals surface area contributed by atoms with Gasteiger partial charge in [-0.15, -0.1) is 0 Å². The van der Waals surface area contributed by atoms with Gasteiger partial charge in [-0.05, 0) is 50.6 Å². The van der Waals surface area contributed by atoms with Crippen LogP contribution in [0.5, 0.6) is 0 Å². The Kier molecular flexibility index (Phi) is 1.59. The minimum absolute atomic E-state index is 1.08. The van der Waals surface area contributed by atoms with Crippen LogP contribution in [0.1, 0.15) is 22.3 Å². The lowest BCUT2D eigenvalue weighted by molar-refractivity contribution is 1.32. The van der Waals surface area contributed by atoms with E-state index >= 15 is 0 Å². The van der Waals surface area contributed by atoms with Crippen molar-refractivity contribution >= 4 is 21.9 Å². The summed E-state index contributed by atoms with van der Waals surface area (Å²) in [5, 5.41) is 2.81. The van der Waals surface area contributed by atoms with Crippen molar-refractivity contribution in [2.75, 3.05) is 0 Å². The van der Waals surface area contributed by atoms with Gasteiger partial charge >= 0.3 is 0 Å². The van der Waals surface area contributed by atoms with Gasteiger partial charge in [-0.2, -0.15) is 0 Å². The van der Waals surface area contributed by atoms with Crippen LogP contribution >= 0.6 is 0 Å². The van der Waals surface area contributed by atoms with Crippen LogP contribution in [-0.4, -0.2) is 0 Å². The summed E-state index contributed by atoms with van der Waals surface area (Å²) in [6.45, 7) is 0. The van der Waals surface area contributed by atoms with Crippen LogP contribution in [0, 0.1) is 0 Å². The van der Waals surface area contributed by atoms with E-state index in [0.717, 1.165) is 6.42 Å². The molecule has 0 unspecified atom stereocenters. The van der Waals surface area contributed by atoms with E-state index in [-0.39, 0.29) is 0 Å². The minimum atomic E-state index is 1.08. The Morgan fingerprint density at radius 2 is 1.37 bits per heavy atom. The Morgan fingerprint density at radius 1 is 0.632 bits per heavy atom. The van der Waals surface area contributed by atoms with Crippen molar-refractivity contribution in [1.82, 2.24) is 0 Å². The van der Waals surface area contributed by atoms with Crippen molar-refractivity contribution in [2.24, 2.45) is 0 Å². The molecule has 2 aliphatic carbocycles. The predicted octanol–water partition coefficient (Wildman–Crippen LogP) is 4.67. The highest BCUT2D eigenvalue weighted by molar-refractivity contribution is 6.19. The van der Waals surface area contributed by atoms with Crippen molar-refractivity contribution in [3.8, 4) is 0 Å². The summed E-state index contributed by atoms with van der Waals surface area (Å²) in [5.41, 5.74) is 8.77. The highest BCUT2D eigenvalue weighted by Crippen LogP contribution is 2.50. The quantitative estimate of drug-likeness (QED) is 0.535. The molecule has 0 saturated heterocycles. The van der Waals surface area contributed by atoms with Crippen LogP contribution in [0.4, 0.5) is 0 Å². The Hall–Kier alpha value is -2.34. The van der Waals surface area contributed by atoms with Crippen molar-refractivity contribution in [2.45, 2.75) is 6.42 Å². The maximum atomic E-state index is 2.28. The average molecular weight is 240 g/mol. The van der Waals surface area contributed by atoms with E-state index in [4.69, 9.17) is 0 Å². The molecule has 3 aromatic carbocycles. The van der Waals surface area contributed by atoms with Gasteiger partial charge in [-0.25, -0.2) is 0 Å². The first-order chi connectivity index (χ1) is 9.43. The van der Waals surface area contributed by atoms with Gasteiger partial charge in [0.1, 0.15) is 0 Å². The summed E-state index contributed by atoms with van der Waals surface area (Å²) >= 11 is 0. The maximum Gasteiger partial charge on any atom is -0.000705 e. The molecule has 3 aromatic rings. The highest BCUT2D eigenvalue weighted by atomic mass is 14.3. The molecule has 0 nitrogen and oxygen atoms in total. The minimum Gasteiger partial charge on any atom is -0.0619 e. The summed E-state index contributed by atoms with van der Waals surface area (Å²) in [6.07, 6.45) is 1.08. The fourth-order valence-corrected chi connectivity index (χ4v) is 3.70. The van der Waals surface area contributed by atoms with E-state index in [0.29, 0.717) is 0 Å². The molecule has 0 heteroatoms. The first kappa shape index (κ1) is 9.57. The van der Waals surface area contributed by atoms with Gasteiger partial charge in [0.15, 0.2) is 0 Å². The van der Waals surface area contributed by atoms with Crippen LogP contribution in [0.3, 0.4) is 0 Å². The normalized spacial score (nSPS) is 14.9. The summed E-state index contributed by atoms with van der Waals surface area (Å²) in [7, 11) is 0. The zero-order valence-electron chi connectivity index (χ0n) is 10.5. The van der Waals surface area contributed by atoms with Gasteiger partial charge in [0.2, 0.25) is 0 Å². The third kappa shape index (κ3) is 1.05. The lowest BCUT2D eigenvalue weighted by Crippen LogP contribution is -1.89. The number of benzene rings is 3. The first-order valence-corrected chi connectivity index (χ1v) is 6.77. The van der Waals surface area contributed by atoms with Crippen LogP contribution in [-0.2, 0) is 6.42 Å². The molecule has 0 N–H and O–H groups in total. The Balaban J connectivity index is 1.95. The first-order valence-electron chi connectivity index (χ1n) is 6.77. The molecular formula is C19H12. The molecule has 0 spiro atoms. The van der Waals surface area contributed by atoms with Crippen molar-refractivity contribution in [3.63, 3.8) is 0 Å². The summed E-state index contributed by atoms with van der Waals surface area (Å²) < 4.78 is 0. The molecule has 0 radical (unpaired) electrons. The zero-order chi connectivity index (χ0) is 12.4. The SMILES string of the molecule is c1ccc2c(c1)CC1=C2c2cccc3cccc1c23. The molecule has 19 heavy (non-hydrogen) atoms. The largest absolute Gasteiger partial charge is 0.0619 e. The van der Waals surface area contributed by atoms with Crippen molar-refractivity contribution < 1.29 is 0 Å². The van der Waals surface area contributed by atoms with Gasteiger partial charge in [-0.1, -0.05) is 60.7 Å². The fourth-order valence-electron chi connectivity index (χ4n) is 3.70. The Bertz CT molecular complexity index is 876. The summed E-state index contributed by atoms with van der Waals surface area (Å²) in [6, 6.07) is 22.2. The maximum absolute atomic E-state index is 2.28. The molecule has 0 heterocycles. The molecule has 88 valence electrons. The molecule has 0 aliphatic heterocycles. The molecule has 0 bridgehead atoms. The predicted molar refractivity (Wildman–Crippen MR) is 80.0 cm³/mol. The molecule has 0 fully saturated rings. The van der Waals surface area contributed by atoms with Gasteiger partial charge in [0.05, 0.1) is 0 Å². The lowest BCUT2D eigenvalue weighted by atomic mass is 9.96. The monoisotopic (exact) mass is 240 g/mol. The number of allylic oxidation sites excluding steroid dienone is 1. The Morgan fingerprint density at radius 3 is 2.26 bits per heavy atom. The van der Waals surface area contributed by atoms with E-state index in [1.165, 1.54) is 44.2 Å². The standard InChI is InChI=1S/C19H12/c1-2-8-14-13(5-1)11-17-15-9-3-6-12-7-4-10-16(18(12)15)19(14)17/h1-10H,11H2. The van der Waals surface area contributed by atoms with E-state index in [9.17, 15) is 0 Å². The Labute approximate surface area is 112 Å². The number of fused-ring (bicyclic) bond motifs is 4. The molecule has 2 aliphatic rings. The summed E-state index contributed by atoms with van der Waals surface area (Å²) in [5.74, 6) is 0. The molecule has 0 aromatic heterocycles. The second-order valence-corrected chi connectivity index (χ2v) is 5.40. The van der Waals surface area contributed by atoms with Crippen molar-refractivity contribution in [1.29, 1.82) is 0 Å². The topological polar surface area (TPSA) is 0 Å². The van der Waals surface area contributed by atoms with E-state index in [1.54, 1.807) is 0 Å². The molecule has 0 saturated carbocycles. The van der Waals surface area contributed by atoms with Gasteiger partial charge in [0, 0.05) is 0 Å². The van der Waals surface area contributed by atoms with Crippen LogP contribution in [0.2, 0.25) is 0 Å². The van der Waals surface area contributed by atoms with Gasteiger partial charge < -0.3 is 0 Å². The van der Waals surface area contributed by atoms with E-state index in [1.807, 2.05) is 0 Å². The van der Waals surface area contributed by atoms with Crippen LogP contribution < -0.4 is 0 Å². The smallest absolute Gasteiger partial charge is 0.000705 e. The average Bonchev–Trinajstić information content (AvgIpc) is 2.98. The molecule has 0 atom stereocenters. The number of hydrogen-bond acceptors (Lipinski definition) is 0. The second kappa shape index (κ2) is 3.16.